The molecule has 0 aromatic heterocycles. The van der Waals surface area contributed by atoms with E-state index in [0.717, 1.165) is 12.1 Å². The van der Waals surface area contributed by atoms with E-state index >= 15 is 0 Å². The Bertz CT molecular complexity index is 355. The van der Waals surface area contributed by atoms with Gasteiger partial charge in [0.1, 0.15) is 0 Å². The van der Waals surface area contributed by atoms with Gasteiger partial charge < -0.3 is 5.32 Å². The van der Waals surface area contributed by atoms with Crippen molar-refractivity contribution in [3.8, 4) is 0 Å². The molecule has 4 nitrogen and oxygen atoms in total. The van der Waals surface area contributed by atoms with Gasteiger partial charge in [-0.1, -0.05) is 36.4 Å². The van der Waals surface area contributed by atoms with Crippen LogP contribution in [0.15, 0.2) is 36.4 Å². The third-order valence-corrected chi connectivity index (χ3v) is 2.23. The summed E-state index contributed by atoms with van der Waals surface area (Å²) in [5.41, 5.74) is 3.65. The van der Waals surface area contributed by atoms with Crippen LogP contribution in [0, 0.1) is 0 Å². The van der Waals surface area contributed by atoms with Crippen molar-refractivity contribution in [1.82, 2.24) is 10.8 Å². The molecule has 18 heavy (non-hydrogen) atoms. The lowest BCUT2D eigenvalue weighted by Crippen LogP contribution is -2.20. The lowest BCUT2D eigenvalue weighted by molar-refractivity contribution is -0.128. The number of hydroxylamine groups is 1. The summed E-state index contributed by atoms with van der Waals surface area (Å²) in [4.78, 5) is 10.8. The van der Waals surface area contributed by atoms with Gasteiger partial charge in [-0.2, -0.15) is 0 Å². The number of hydrogen-bond donors (Lipinski definition) is 3. The maximum Gasteiger partial charge on any atom is 0.247 e. The first-order chi connectivity index (χ1) is 8.67. The molecule has 0 radical (unpaired) electrons. The Morgan fingerprint density at radius 3 is 2.06 bits per heavy atom. The Labute approximate surface area is 109 Å². The molecular weight excluding hydrogens is 228 g/mol. The molecule has 0 unspecified atom stereocenters. The Balaban J connectivity index is 0.000000631. The molecule has 0 atom stereocenters. The van der Waals surface area contributed by atoms with Gasteiger partial charge in [0.15, 0.2) is 0 Å². The molecule has 0 fully saturated rings. The number of carbonyl (C=O) groups excluding carboxylic acids is 1. The summed E-state index contributed by atoms with van der Waals surface area (Å²) in [5.74, 6) is -0.397. The van der Waals surface area contributed by atoms with Crippen LogP contribution in [0.5, 0.6) is 0 Å². The summed E-state index contributed by atoms with van der Waals surface area (Å²) in [6.07, 6.45) is 4.20. The van der Waals surface area contributed by atoms with Crippen molar-refractivity contribution in [2.45, 2.75) is 26.8 Å². The molecule has 0 bridgehead atoms. The summed E-state index contributed by atoms with van der Waals surface area (Å²) in [5, 5.41) is 11.4. The Kier molecular flexibility index (Phi) is 9.54. The van der Waals surface area contributed by atoms with Crippen molar-refractivity contribution < 1.29 is 10.0 Å². The molecule has 0 aliphatic carbocycles. The van der Waals surface area contributed by atoms with Crippen molar-refractivity contribution in [3.05, 3.63) is 47.5 Å². The summed E-state index contributed by atoms with van der Waals surface area (Å²) in [6.45, 7) is 4.81. The minimum Gasteiger partial charge on any atom is -0.316 e. The van der Waals surface area contributed by atoms with Crippen LogP contribution in [-0.4, -0.2) is 18.2 Å². The van der Waals surface area contributed by atoms with Gasteiger partial charge in [0.05, 0.1) is 6.42 Å². The average molecular weight is 250 g/mol. The van der Waals surface area contributed by atoms with E-state index in [4.69, 9.17) is 5.21 Å². The van der Waals surface area contributed by atoms with Crippen molar-refractivity contribution in [2.24, 2.45) is 0 Å². The molecule has 0 spiro atoms. The minimum absolute atomic E-state index is 0.205. The molecule has 0 aliphatic rings. The van der Waals surface area contributed by atoms with Crippen LogP contribution < -0.4 is 10.8 Å². The normalized spacial score (nSPS) is 9.78. The first kappa shape index (κ1) is 16.4. The number of carbonyl (C=O) groups is 1. The van der Waals surface area contributed by atoms with E-state index in [1.807, 2.05) is 57.3 Å². The van der Waals surface area contributed by atoms with Crippen LogP contribution in [-0.2, 0) is 17.8 Å². The van der Waals surface area contributed by atoms with E-state index in [2.05, 4.69) is 5.32 Å². The van der Waals surface area contributed by atoms with Gasteiger partial charge in [-0.25, -0.2) is 5.48 Å². The summed E-state index contributed by atoms with van der Waals surface area (Å²) in [7, 11) is 1.88. The van der Waals surface area contributed by atoms with Gasteiger partial charge >= 0.3 is 0 Å². The second-order valence-corrected chi connectivity index (χ2v) is 3.73. The lowest BCUT2D eigenvalue weighted by Gasteiger charge is -2.02. The molecule has 1 amide bonds. The number of amides is 1. The minimum atomic E-state index is -0.397. The zero-order valence-electron chi connectivity index (χ0n) is 11.2. The maximum atomic E-state index is 10.8. The molecule has 1 aromatic rings. The molecule has 3 N–H and O–H groups in total. The van der Waals surface area contributed by atoms with Gasteiger partial charge in [-0.05, 0) is 32.0 Å². The first-order valence-electron chi connectivity index (χ1n) is 5.90. The van der Waals surface area contributed by atoms with E-state index < -0.39 is 5.91 Å². The Hall–Kier alpha value is -1.65. The topological polar surface area (TPSA) is 61.4 Å². The molecule has 4 heteroatoms. The maximum absolute atomic E-state index is 10.8. The fourth-order valence-electron chi connectivity index (χ4n) is 1.20. The highest BCUT2D eigenvalue weighted by Gasteiger charge is 2.00. The van der Waals surface area contributed by atoms with E-state index in [1.165, 1.54) is 5.56 Å². The number of nitrogens with one attached hydrogen (secondary N) is 2. The Morgan fingerprint density at radius 2 is 1.67 bits per heavy atom. The predicted octanol–water partition coefficient (Wildman–Crippen LogP) is 2.04. The van der Waals surface area contributed by atoms with E-state index in [-0.39, 0.29) is 6.42 Å². The smallest absolute Gasteiger partial charge is 0.247 e. The molecule has 1 aromatic carbocycles. The SMILES string of the molecule is C/C=C\C.CNCc1ccc(CC(=O)NO)cc1. The van der Waals surface area contributed by atoms with Gasteiger partial charge in [0.25, 0.3) is 0 Å². The monoisotopic (exact) mass is 250 g/mol. The molecule has 100 valence electrons. The van der Waals surface area contributed by atoms with Crippen molar-refractivity contribution in [1.29, 1.82) is 0 Å². The molecular formula is C14H22N2O2. The number of rotatable bonds is 4. The lowest BCUT2D eigenvalue weighted by atomic mass is 10.1. The summed E-state index contributed by atoms with van der Waals surface area (Å²) in [6, 6.07) is 7.66. The number of allylic oxidation sites excluding steroid dienone is 2. The second kappa shape index (κ2) is 10.5. The summed E-state index contributed by atoms with van der Waals surface area (Å²) < 4.78 is 0. The highest BCUT2D eigenvalue weighted by molar-refractivity contribution is 5.77. The zero-order chi connectivity index (χ0) is 13.8. The summed E-state index contributed by atoms with van der Waals surface area (Å²) >= 11 is 0. The standard InChI is InChI=1S/C10H14N2O2.C4H8/c1-11-7-9-4-2-8(3-5-9)6-10(13)12-14;1-3-4-2/h2-5,11,14H,6-7H2,1H3,(H,12,13);3-4H,1-2H3/b;4-3-. The quantitative estimate of drug-likeness (QED) is 0.435. The zero-order valence-corrected chi connectivity index (χ0v) is 11.2. The average Bonchev–Trinajstić information content (AvgIpc) is 2.41. The third-order valence-electron chi connectivity index (χ3n) is 2.23. The van der Waals surface area contributed by atoms with Crippen LogP contribution >= 0.6 is 0 Å². The predicted molar refractivity (Wildman–Crippen MR) is 73.3 cm³/mol. The number of hydrogen-bond acceptors (Lipinski definition) is 3. The fourth-order valence-corrected chi connectivity index (χ4v) is 1.20. The van der Waals surface area contributed by atoms with Gasteiger partial charge in [-0.3, -0.25) is 10.0 Å². The second-order valence-electron chi connectivity index (χ2n) is 3.73. The molecule has 1 rings (SSSR count). The van der Waals surface area contributed by atoms with Crippen LogP contribution in [0.3, 0.4) is 0 Å². The number of benzene rings is 1. The van der Waals surface area contributed by atoms with Crippen molar-refractivity contribution in [2.75, 3.05) is 7.05 Å². The highest BCUT2D eigenvalue weighted by Crippen LogP contribution is 2.04. The van der Waals surface area contributed by atoms with E-state index in [1.54, 1.807) is 5.48 Å². The fraction of sp³-hybridized carbons (Fsp3) is 0.357. The van der Waals surface area contributed by atoms with E-state index in [9.17, 15) is 4.79 Å². The molecule has 0 heterocycles. The van der Waals surface area contributed by atoms with Crippen LogP contribution in [0.25, 0.3) is 0 Å². The van der Waals surface area contributed by atoms with Crippen molar-refractivity contribution in [3.63, 3.8) is 0 Å². The highest BCUT2D eigenvalue weighted by atomic mass is 16.5. The van der Waals surface area contributed by atoms with Gasteiger partial charge in [-0.15, -0.1) is 0 Å². The first-order valence-corrected chi connectivity index (χ1v) is 5.90. The molecule has 0 saturated heterocycles. The largest absolute Gasteiger partial charge is 0.316 e. The molecule has 0 saturated carbocycles. The van der Waals surface area contributed by atoms with Gasteiger partial charge in [0, 0.05) is 6.54 Å². The van der Waals surface area contributed by atoms with E-state index in [0.29, 0.717) is 0 Å². The third kappa shape index (κ3) is 7.60. The van der Waals surface area contributed by atoms with Crippen LogP contribution in [0.2, 0.25) is 0 Å². The van der Waals surface area contributed by atoms with Crippen molar-refractivity contribution >= 4 is 5.91 Å². The van der Waals surface area contributed by atoms with Crippen LogP contribution in [0.4, 0.5) is 0 Å². The Morgan fingerprint density at radius 1 is 1.17 bits per heavy atom. The molecule has 0 aliphatic heterocycles. The van der Waals surface area contributed by atoms with Gasteiger partial charge in [0.2, 0.25) is 5.91 Å². The van der Waals surface area contributed by atoms with Crippen LogP contribution in [0.1, 0.15) is 25.0 Å².